The number of hydrogen-bond acceptors (Lipinski definition) is 3. The lowest BCUT2D eigenvalue weighted by atomic mass is 9.94. The van der Waals surface area contributed by atoms with Gasteiger partial charge in [0.05, 0.1) is 6.04 Å². The third-order valence-corrected chi connectivity index (χ3v) is 3.32. The van der Waals surface area contributed by atoms with Gasteiger partial charge in [-0.25, -0.2) is 0 Å². The Morgan fingerprint density at radius 3 is 3.19 bits per heavy atom. The van der Waals surface area contributed by atoms with Gasteiger partial charge in [0.25, 0.3) is 0 Å². The van der Waals surface area contributed by atoms with Crippen LogP contribution in [0.5, 0.6) is 0 Å². The number of hydrogen-bond donors (Lipinski definition) is 1. The SMILES string of the molecule is CC1CCNC(c2nnc3ccccn23)C1. The first-order valence-electron chi connectivity index (χ1n) is 5.87. The average molecular weight is 216 g/mol. The molecule has 3 rings (SSSR count). The van der Waals surface area contributed by atoms with Crippen LogP contribution < -0.4 is 5.32 Å². The van der Waals surface area contributed by atoms with Crippen LogP contribution in [0.2, 0.25) is 0 Å². The minimum absolute atomic E-state index is 0.348. The molecule has 1 saturated heterocycles. The van der Waals surface area contributed by atoms with Crippen molar-refractivity contribution in [2.24, 2.45) is 5.92 Å². The number of piperidine rings is 1. The largest absolute Gasteiger partial charge is 0.307 e. The average Bonchev–Trinajstić information content (AvgIpc) is 2.72. The summed E-state index contributed by atoms with van der Waals surface area (Å²) in [5.41, 5.74) is 0.928. The maximum absolute atomic E-state index is 4.30. The maximum atomic E-state index is 4.30. The van der Waals surface area contributed by atoms with Gasteiger partial charge in [0.1, 0.15) is 0 Å². The molecule has 1 aliphatic rings. The molecular formula is C12H16N4. The van der Waals surface area contributed by atoms with Crippen molar-refractivity contribution in [3.05, 3.63) is 30.2 Å². The fourth-order valence-electron chi connectivity index (χ4n) is 2.40. The smallest absolute Gasteiger partial charge is 0.160 e. The molecule has 2 aromatic heterocycles. The van der Waals surface area contributed by atoms with Crippen LogP contribution in [-0.4, -0.2) is 21.1 Å². The van der Waals surface area contributed by atoms with E-state index in [1.54, 1.807) is 0 Å². The molecule has 0 radical (unpaired) electrons. The van der Waals surface area contributed by atoms with E-state index in [9.17, 15) is 0 Å². The van der Waals surface area contributed by atoms with E-state index < -0.39 is 0 Å². The molecular weight excluding hydrogens is 200 g/mol. The molecule has 3 heterocycles. The van der Waals surface area contributed by atoms with Gasteiger partial charge in [0.15, 0.2) is 11.5 Å². The Morgan fingerprint density at radius 2 is 2.31 bits per heavy atom. The van der Waals surface area contributed by atoms with Crippen LogP contribution in [0, 0.1) is 5.92 Å². The summed E-state index contributed by atoms with van der Waals surface area (Å²) in [6, 6.07) is 6.35. The first kappa shape index (κ1) is 9.78. The summed E-state index contributed by atoms with van der Waals surface area (Å²) in [4.78, 5) is 0. The van der Waals surface area contributed by atoms with Gasteiger partial charge < -0.3 is 5.32 Å². The van der Waals surface area contributed by atoms with Gasteiger partial charge in [0.2, 0.25) is 0 Å². The highest BCUT2D eigenvalue weighted by Gasteiger charge is 2.23. The molecule has 0 saturated carbocycles. The van der Waals surface area contributed by atoms with Crippen LogP contribution in [0.3, 0.4) is 0 Å². The molecule has 1 fully saturated rings. The summed E-state index contributed by atoms with van der Waals surface area (Å²) < 4.78 is 2.08. The minimum atomic E-state index is 0.348. The zero-order chi connectivity index (χ0) is 11.0. The summed E-state index contributed by atoms with van der Waals surface area (Å²) in [6.07, 6.45) is 4.44. The lowest BCUT2D eigenvalue weighted by Crippen LogP contribution is -2.32. The van der Waals surface area contributed by atoms with Gasteiger partial charge in [-0.2, -0.15) is 0 Å². The van der Waals surface area contributed by atoms with Gasteiger partial charge >= 0.3 is 0 Å². The summed E-state index contributed by atoms with van der Waals surface area (Å²) >= 11 is 0. The van der Waals surface area contributed by atoms with Crippen molar-refractivity contribution in [1.29, 1.82) is 0 Å². The fourth-order valence-corrected chi connectivity index (χ4v) is 2.40. The third kappa shape index (κ3) is 1.59. The summed E-state index contributed by atoms with van der Waals surface area (Å²) in [6.45, 7) is 3.38. The first-order chi connectivity index (χ1) is 7.84. The molecule has 0 aliphatic carbocycles. The standard InChI is InChI=1S/C12H16N4/c1-9-5-6-13-10(8-9)12-15-14-11-4-2-3-7-16(11)12/h2-4,7,9-10,13H,5-6,8H2,1H3. The monoisotopic (exact) mass is 216 g/mol. The van der Waals surface area contributed by atoms with E-state index in [1.165, 1.54) is 6.42 Å². The van der Waals surface area contributed by atoms with Crippen LogP contribution in [0.15, 0.2) is 24.4 Å². The highest BCUT2D eigenvalue weighted by molar-refractivity contribution is 5.37. The van der Waals surface area contributed by atoms with Gasteiger partial charge in [0, 0.05) is 6.20 Å². The molecule has 1 N–H and O–H groups in total. The molecule has 0 bridgehead atoms. The quantitative estimate of drug-likeness (QED) is 0.790. The molecule has 0 spiro atoms. The van der Waals surface area contributed by atoms with E-state index >= 15 is 0 Å². The second-order valence-electron chi connectivity index (χ2n) is 4.62. The summed E-state index contributed by atoms with van der Waals surface area (Å²) in [5.74, 6) is 1.81. The molecule has 2 unspecified atom stereocenters. The summed E-state index contributed by atoms with van der Waals surface area (Å²) in [7, 11) is 0. The number of nitrogens with zero attached hydrogens (tertiary/aromatic N) is 3. The molecule has 2 aromatic rings. The van der Waals surface area contributed by atoms with Crippen molar-refractivity contribution < 1.29 is 0 Å². The van der Waals surface area contributed by atoms with Crippen LogP contribution >= 0.6 is 0 Å². The fraction of sp³-hybridized carbons (Fsp3) is 0.500. The van der Waals surface area contributed by atoms with Gasteiger partial charge in [-0.3, -0.25) is 4.40 Å². The van der Waals surface area contributed by atoms with Crippen LogP contribution in [0.25, 0.3) is 5.65 Å². The second-order valence-corrected chi connectivity index (χ2v) is 4.62. The molecule has 84 valence electrons. The van der Waals surface area contributed by atoms with E-state index in [2.05, 4.69) is 26.8 Å². The van der Waals surface area contributed by atoms with Crippen molar-refractivity contribution in [1.82, 2.24) is 19.9 Å². The highest BCUT2D eigenvalue weighted by atomic mass is 15.3. The normalized spacial score (nSPS) is 26.1. The van der Waals surface area contributed by atoms with Crippen LogP contribution in [-0.2, 0) is 0 Å². The van der Waals surface area contributed by atoms with E-state index in [1.807, 2.05) is 24.4 Å². The van der Waals surface area contributed by atoms with E-state index in [4.69, 9.17) is 0 Å². The Labute approximate surface area is 94.7 Å². The van der Waals surface area contributed by atoms with E-state index in [-0.39, 0.29) is 0 Å². The first-order valence-corrected chi connectivity index (χ1v) is 5.87. The lowest BCUT2D eigenvalue weighted by molar-refractivity contribution is 0.314. The van der Waals surface area contributed by atoms with Crippen molar-refractivity contribution in [3.63, 3.8) is 0 Å². The highest BCUT2D eigenvalue weighted by Crippen LogP contribution is 2.25. The van der Waals surface area contributed by atoms with Gasteiger partial charge in [-0.05, 0) is 37.4 Å². The van der Waals surface area contributed by atoms with E-state index in [0.717, 1.165) is 30.4 Å². The molecule has 0 aromatic carbocycles. The molecule has 1 aliphatic heterocycles. The Kier molecular flexibility index (Phi) is 2.36. The van der Waals surface area contributed by atoms with Gasteiger partial charge in [-0.1, -0.05) is 13.0 Å². The number of fused-ring (bicyclic) bond motifs is 1. The Balaban J connectivity index is 1.99. The van der Waals surface area contributed by atoms with Crippen LogP contribution in [0.4, 0.5) is 0 Å². The van der Waals surface area contributed by atoms with Crippen molar-refractivity contribution in [2.75, 3.05) is 6.54 Å². The van der Waals surface area contributed by atoms with Crippen molar-refractivity contribution in [2.45, 2.75) is 25.8 Å². The number of pyridine rings is 1. The Bertz CT molecular complexity index is 490. The zero-order valence-electron chi connectivity index (χ0n) is 9.43. The number of rotatable bonds is 1. The van der Waals surface area contributed by atoms with Gasteiger partial charge in [-0.15, -0.1) is 10.2 Å². The summed E-state index contributed by atoms with van der Waals surface area (Å²) in [5, 5.41) is 12.0. The van der Waals surface area contributed by atoms with E-state index in [0.29, 0.717) is 6.04 Å². The lowest BCUT2D eigenvalue weighted by Gasteiger charge is -2.26. The van der Waals surface area contributed by atoms with Crippen molar-refractivity contribution in [3.8, 4) is 0 Å². The predicted octanol–water partition coefficient (Wildman–Crippen LogP) is 1.79. The Hall–Kier alpha value is -1.42. The molecule has 4 nitrogen and oxygen atoms in total. The minimum Gasteiger partial charge on any atom is -0.307 e. The number of aromatic nitrogens is 3. The second kappa shape index (κ2) is 3.87. The molecule has 4 heteroatoms. The third-order valence-electron chi connectivity index (χ3n) is 3.32. The molecule has 0 amide bonds. The van der Waals surface area contributed by atoms with Crippen molar-refractivity contribution >= 4 is 5.65 Å². The number of nitrogens with one attached hydrogen (secondary N) is 1. The predicted molar refractivity (Wildman–Crippen MR) is 62.1 cm³/mol. The maximum Gasteiger partial charge on any atom is 0.160 e. The topological polar surface area (TPSA) is 42.2 Å². The zero-order valence-corrected chi connectivity index (χ0v) is 9.43. The van der Waals surface area contributed by atoms with Crippen LogP contribution in [0.1, 0.15) is 31.6 Å². The Morgan fingerprint density at radius 1 is 1.38 bits per heavy atom. The molecule has 2 atom stereocenters. The molecule has 16 heavy (non-hydrogen) atoms.